The van der Waals surface area contributed by atoms with Gasteiger partial charge in [-0.3, -0.25) is 4.90 Å². The molecule has 0 aromatic heterocycles. The Morgan fingerprint density at radius 3 is 2.44 bits per heavy atom. The third-order valence-corrected chi connectivity index (χ3v) is 4.03. The number of piperazine rings is 1. The van der Waals surface area contributed by atoms with Gasteiger partial charge in [0, 0.05) is 31.7 Å². The lowest BCUT2D eigenvalue weighted by atomic mass is 9.99. The SMILES string of the molecule is CC(O)C(C)N1CCN(C)CC1c1ccccc1. The summed E-state index contributed by atoms with van der Waals surface area (Å²) in [5.41, 5.74) is 1.34. The first-order chi connectivity index (χ1) is 8.59. The van der Waals surface area contributed by atoms with Crippen LogP contribution in [0.2, 0.25) is 0 Å². The summed E-state index contributed by atoms with van der Waals surface area (Å²) < 4.78 is 0. The minimum atomic E-state index is -0.292. The van der Waals surface area contributed by atoms with Gasteiger partial charge >= 0.3 is 0 Å². The average molecular weight is 248 g/mol. The van der Waals surface area contributed by atoms with Crippen molar-refractivity contribution < 1.29 is 5.11 Å². The van der Waals surface area contributed by atoms with E-state index >= 15 is 0 Å². The number of rotatable bonds is 3. The zero-order chi connectivity index (χ0) is 13.1. The lowest BCUT2D eigenvalue weighted by molar-refractivity contribution is 0.00304. The quantitative estimate of drug-likeness (QED) is 0.883. The highest BCUT2D eigenvalue weighted by Crippen LogP contribution is 2.27. The summed E-state index contributed by atoms with van der Waals surface area (Å²) in [4.78, 5) is 4.79. The van der Waals surface area contributed by atoms with Crippen LogP contribution in [0.25, 0.3) is 0 Å². The van der Waals surface area contributed by atoms with E-state index in [2.05, 4.69) is 54.1 Å². The van der Waals surface area contributed by atoms with Crippen LogP contribution >= 0.6 is 0 Å². The zero-order valence-electron chi connectivity index (χ0n) is 11.6. The van der Waals surface area contributed by atoms with Gasteiger partial charge < -0.3 is 10.0 Å². The Bertz CT molecular complexity index is 366. The normalized spacial score (nSPS) is 25.9. The van der Waals surface area contributed by atoms with Gasteiger partial charge in [-0.1, -0.05) is 30.3 Å². The summed E-state index contributed by atoms with van der Waals surface area (Å²) in [5, 5.41) is 9.85. The van der Waals surface area contributed by atoms with E-state index in [0.717, 1.165) is 19.6 Å². The fourth-order valence-electron chi connectivity index (χ4n) is 2.67. The first-order valence-corrected chi connectivity index (χ1v) is 6.77. The van der Waals surface area contributed by atoms with E-state index in [1.54, 1.807) is 0 Å². The molecule has 1 heterocycles. The van der Waals surface area contributed by atoms with Crippen molar-refractivity contribution in [2.75, 3.05) is 26.7 Å². The minimum absolute atomic E-state index is 0.198. The Labute approximate surface area is 110 Å². The third-order valence-electron chi connectivity index (χ3n) is 4.03. The Hall–Kier alpha value is -0.900. The molecule has 0 spiro atoms. The summed E-state index contributed by atoms with van der Waals surface area (Å²) >= 11 is 0. The lowest BCUT2D eigenvalue weighted by Crippen LogP contribution is -2.52. The van der Waals surface area contributed by atoms with Crippen LogP contribution < -0.4 is 0 Å². The van der Waals surface area contributed by atoms with E-state index in [1.165, 1.54) is 5.56 Å². The maximum absolute atomic E-state index is 9.85. The Morgan fingerprint density at radius 1 is 1.17 bits per heavy atom. The van der Waals surface area contributed by atoms with Gasteiger partial charge in [0.25, 0.3) is 0 Å². The molecule has 1 aromatic rings. The molecule has 1 aliphatic heterocycles. The summed E-state index contributed by atoms with van der Waals surface area (Å²) in [5.74, 6) is 0. The number of nitrogens with zero attached hydrogens (tertiary/aromatic N) is 2. The average Bonchev–Trinajstić information content (AvgIpc) is 2.39. The molecule has 1 aromatic carbocycles. The standard InChI is InChI=1S/C15H24N2O/c1-12(13(2)18)17-10-9-16(3)11-15(17)14-7-5-4-6-8-14/h4-8,12-13,15,18H,9-11H2,1-3H3. The highest BCUT2D eigenvalue weighted by molar-refractivity contribution is 5.20. The van der Waals surface area contributed by atoms with Crippen LogP contribution in [0.15, 0.2) is 30.3 Å². The van der Waals surface area contributed by atoms with E-state index < -0.39 is 0 Å². The van der Waals surface area contributed by atoms with Crippen LogP contribution in [0, 0.1) is 0 Å². The Kier molecular flexibility index (Phi) is 4.38. The number of hydrogen-bond donors (Lipinski definition) is 1. The molecule has 0 bridgehead atoms. The molecule has 1 fully saturated rings. The molecular formula is C15H24N2O. The summed E-state index contributed by atoms with van der Waals surface area (Å²) in [6.45, 7) is 7.11. The molecule has 0 aliphatic carbocycles. The van der Waals surface area contributed by atoms with Crippen LogP contribution in [0.3, 0.4) is 0 Å². The van der Waals surface area contributed by atoms with Crippen molar-refractivity contribution in [1.29, 1.82) is 0 Å². The van der Waals surface area contributed by atoms with Gasteiger partial charge in [0.05, 0.1) is 6.10 Å². The van der Waals surface area contributed by atoms with Gasteiger partial charge in [0.1, 0.15) is 0 Å². The maximum Gasteiger partial charge on any atom is 0.0664 e. The largest absolute Gasteiger partial charge is 0.392 e. The van der Waals surface area contributed by atoms with Crippen molar-refractivity contribution in [3.8, 4) is 0 Å². The number of benzene rings is 1. The van der Waals surface area contributed by atoms with Gasteiger partial charge in [0.2, 0.25) is 0 Å². The molecule has 1 saturated heterocycles. The number of aliphatic hydroxyl groups is 1. The molecule has 3 atom stereocenters. The number of aliphatic hydroxyl groups excluding tert-OH is 1. The van der Waals surface area contributed by atoms with Gasteiger partial charge in [-0.25, -0.2) is 0 Å². The Morgan fingerprint density at radius 2 is 1.83 bits per heavy atom. The van der Waals surface area contributed by atoms with Crippen molar-refractivity contribution in [3.05, 3.63) is 35.9 Å². The highest BCUT2D eigenvalue weighted by atomic mass is 16.3. The van der Waals surface area contributed by atoms with Crippen LogP contribution in [-0.2, 0) is 0 Å². The van der Waals surface area contributed by atoms with Crippen LogP contribution in [0.1, 0.15) is 25.5 Å². The number of likely N-dealkylation sites (N-methyl/N-ethyl adjacent to an activating group) is 1. The molecular weight excluding hydrogens is 224 g/mol. The fraction of sp³-hybridized carbons (Fsp3) is 0.600. The van der Waals surface area contributed by atoms with E-state index in [4.69, 9.17) is 0 Å². The minimum Gasteiger partial charge on any atom is -0.392 e. The summed E-state index contributed by atoms with van der Waals surface area (Å²) in [6, 6.07) is 11.2. The van der Waals surface area contributed by atoms with E-state index in [9.17, 15) is 5.11 Å². The lowest BCUT2D eigenvalue weighted by Gasteiger charge is -2.44. The van der Waals surface area contributed by atoms with Gasteiger partial charge in [-0.15, -0.1) is 0 Å². The molecule has 100 valence electrons. The maximum atomic E-state index is 9.85. The molecule has 3 nitrogen and oxygen atoms in total. The monoisotopic (exact) mass is 248 g/mol. The third kappa shape index (κ3) is 2.91. The molecule has 1 N–H and O–H groups in total. The molecule has 0 radical (unpaired) electrons. The van der Waals surface area contributed by atoms with E-state index in [0.29, 0.717) is 6.04 Å². The van der Waals surface area contributed by atoms with Crippen molar-refractivity contribution in [3.63, 3.8) is 0 Å². The molecule has 0 amide bonds. The predicted octanol–water partition coefficient (Wildman–Crippen LogP) is 1.74. The van der Waals surface area contributed by atoms with Crippen molar-refractivity contribution in [1.82, 2.24) is 9.80 Å². The van der Waals surface area contributed by atoms with Crippen molar-refractivity contribution in [2.45, 2.75) is 32.0 Å². The molecule has 18 heavy (non-hydrogen) atoms. The summed E-state index contributed by atoms with van der Waals surface area (Å²) in [6.07, 6.45) is -0.292. The van der Waals surface area contributed by atoms with Crippen LogP contribution in [0.4, 0.5) is 0 Å². The van der Waals surface area contributed by atoms with Crippen molar-refractivity contribution >= 4 is 0 Å². The molecule has 3 unspecified atom stereocenters. The van der Waals surface area contributed by atoms with Crippen LogP contribution in [-0.4, -0.2) is 53.7 Å². The Balaban J connectivity index is 2.21. The number of hydrogen-bond acceptors (Lipinski definition) is 3. The van der Waals surface area contributed by atoms with Crippen LogP contribution in [0.5, 0.6) is 0 Å². The predicted molar refractivity (Wildman–Crippen MR) is 74.5 cm³/mol. The van der Waals surface area contributed by atoms with E-state index in [-0.39, 0.29) is 12.1 Å². The fourth-order valence-corrected chi connectivity index (χ4v) is 2.67. The second kappa shape index (κ2) is 5.83. The topological polar surface area (TPSA) is 26.7 Å². The van der Waals surface area contributed by atoms with Gasteiger partial charge in [0.15, 0.2) is 0 Å². The second-order valence-corrected chi connectivity index (χ2v) is 5.41. The van der Waals surface area contributed by atoms with Crippen molar-refractivity contribution in [2.24, 2.45) is 0 Å². The molecule has 3 heteroatoms. The van der Waals surface area contributed by atoms with Gasteiger partial charge in [-0.05, 0) is 26.5 Å². The zero-order valence-corrected chi connectivity index (χ0v) is 11.6. The molecule has 1 aliphatic rings. The van der Waals surface area contributed by atoms with E-state index in [1.807, 2.05) is 6.92 Å². The molecule has 0 saturated carbocycles. The summed E-state index contributed by atoms with van der Waals surface area (Å²) in [7, 11) is 2.17. The highest BCUT2D eigenvalue weighted by Gasteiger charge is 2.31. The second-order valence-electron chi connectivity index (χ2n) is 5.41. The first-order valence-electron chi connectivity index (χ1n) is 6.77. The first kappa shape index (κ1) is 13.5. The van der Waals surface area contributed by atoms with Gasteiger partial charge in [-0.2, -0.15) is 0 Å². The smallest absolute Gasteiger partial charge is 0.0664 e. The molecule has 2 rings (SSSR count).